The number of nitriles is 1. The van der Waals surface area contributed by atoms with Gasteiger partial charge in [-0.3, -0.25) is 0 Å². The highest BCUT2D eigenvalue weighted by Crippen LogP contribution is 2.34. The minimum Gasteiger partial charge on any atom is -0.454 e. The summed E-state index contributed by atoms with van der Waals surface area (Å²) in [5.74, 6) is 1.33. The lowest BCUT2D eigenvalue weighted by molar-refractivity contribution is 0.174. The van der Waals surface area contributed by atoms with Crippen LogP contribution in [0.25, 0.3) is 0 Å². The Morgan fingerprint density at radius 2 is 2.27 bits per heavy atom. The third-order valence-electron chi connectivity index (χ3n) is 2.36. The molecule has 1 atom stereocenters. The summed E-state index contributed by atoms with van der Waals surface area (Å²) in [7, 11) is 1.83. The molecular weight excluding hydrogens is 192 g/mol. The summed E-state index contributed by atoms with van der Waals surface area (Å²) in [4.78, 5) is 0. The van der Waals surface area contributed by atoms with E-state index in [1.807, 2.05) is 25.2 Å². The van der Waals surface area contributed by atoms with Crippen molar-refractivity contribution in [2.45, 2.75) is 5.92 Å². The normalized spacial score (nSPS) is 14.7. The van der Waals surface area contributed by atoms with Crippen molar-refractivity contribution in [2.24, 2.45) is 0 Å². The third-order valence-corrected chi connectivity index (χ3v) is 2.36. The van der Waals surface area contributed by atoms with Crippen molar-refractivity contribution < 1.29 is 9.47 Å². The molecule has 15 heavy (non-hydrogen) atoms. The van der Waals surface area contributed by atoms with Gasteiger partial charge in [-0.15, -0.1) is 0 Å². The maximum absolute atomic E-state index is 9.00. The van der Waals surface area contributed by atoms with E-state index >= 15 is 0 Å². The number of benzene rings is 1. The van der Waals surface area contributed by atoms with Gasteiger partial charge < -0.3 is 14.8 Å². The Hall–Kier alpha value is -1.73. The molecule has 0 spiro atoms. The minimum absolute atomic E-state index is 0.149. The molecule has 4 nitrogen and oxygen atoms in total. The molecule has 1 N–H and O–H groups in total. The van der Waals surface area contributed by atoms with Crippen LogP contribution in [0.2, 0.25) is 0 Å². The van der Waals surface area contributed by atoms with E-state index in [-0.39, 0.29) is 12.7 Å². The number of hydrogen-bond acceptors (Lipinski definition) is 4. The molecule has 78 valence electrons. The summed E-state index contributed by atoms with van der Waals surface area (Å²) < 4.78 is 10.5. The zero-order valence-corrected chi connectivity index (χ0v) is 8.49. The Bertz CT molecular complexity index is 398. The van der Waals surface area contributed by atoms with Gasteiger partial charge in [0.2, 0.25) is 6.79 Å². The van der Waals surface area contributed by atoms with Crippen LogP contribution in [-0.2, 0) is 0 Å². The second-order valence-electron chi connectivity index (χ2n) is 3.35. The number of likely N-dealkylation sites (N-methyl/N-ethyl adjacent to an activating group) is 1. The lowest BCUT2D eigenvalue weighted by Crippen LogP contribution is -2.15. The van der Waals surface area contributed by atoms with Gasteiger partial charge in [-0.2, -0.15) is 5.26 Å². The number of hydrogen-bond donors (Lipinski definition) is 1. The zero-order chi connectivity index (χ0) is 10.7. The second kappa shape index (κ2) is 4.20. The van der Waals surface area contributed by atoms with Crippen molar-refractivity contribution in [2.75, 3.05) is 20.4 Å². The van der Waals surface area contributed by atoms with E-state index in [4.69, 9.17) is 14.7 Å². The van der Waals surface area contributed by atoms with Crippen LogP contribution in [0, 0.1) is 11.3 Å². The van der Waals surface area contributed by atoms with Crippen molar-refractivity contribution in [1.82, 2.24) is 5.32 Å². The summed E-state index contributed by atoms with van der Waals surface area (Å²) >= 11 is 0. The fourth-order valence-corrected chi connectivity index (χ4v) is 1.57. The van der Waals surface area contributed by atoms with Crippen LogP contribution in [0.3, 0.4) is 0 Å². The summed E-state index contributed by atoms with van der Waals surface area (Å²) in [6, 6.07) is 7.87. The highest BCUT2D eigenvalue weighted by molar-refractivity contribution is 5.46. The Kier molecular flexibility index (Phi) is 2.75. The topological polar surface area (TPSA) is 54.3 Å². The third kappa shape index (κ3) is 1.88. The minimum atomic E-state index is -0.149. The molecule has 0 aromatic heterocycles. The first kappa shape index (κ1) is 9.81. The Balaban J connectivity index is 2.25. The molecule has 0 saturated heterocycles. The summed E-state index contributed by atoms with van der Waals surface area (Å²) in [5, 5.41) is 12.0. The Labute approximate surface area is 88.4 Å². The van der Waals surface area contributed by atoms with Crippen LogP contribution in [0.5, 0.6) is 11.5 Å². The van der Waals surface area contributed by atoms with E-state index in [9.17, 15) is 0 Å². The number of fused-ring (bicyclic) bond motifs is 1. The molecular formula is C11H12N2O2. The molecule has 0 radical (unpaired) electrons. The monoisotopic (exact) mass is 204 g/mol. The predicted octanol–water partition coefficient (Wildman–Crippen LogP) is 1.24. The molecule has 0 bridgehead atoms. The first-order valence-electron chi connectivity index (χ1n) is 4.79. The van der Waals surface area contributed by atoms with Crippen molar-refractivity contribution in [3.8, 4) is 17.6 Å². The summed E-state index contributed by atoms with van der Waals surface area (Å²) in [6.45, 7) is 0.901. The fourth-order valence-electron chi connectivity index (χ4n) is 1.57. The molecule has 1 aliphatic heterocycles. The SMILES string of the molecule is CNCC(C#N)c1ccc2c(c1)OCO2. The quantitative estimate of drug-likeness (QED) is 0.804. The van der Waals surface area contributed by atoms with Crippen LogP contribution < -0.4 is 14.8 Å². The molecule has 1 aliphatic rings. The van der Waals surface area contributed by atoms with Crippen LogP contribution in [0.1, 0.15) is 11.5 Å². The second-order valence-corrected chi connectivity index (χ2v) is 3.35. The number of nitrogens with one attached hydrogen (secondary N) is 1. The van der Waals surface area contributed by atoms with Gasteiger partial charge in [0.05, 0.1) is 12.0 Å². The largest absolute Gasteiger partial charge is 0.454 e. The maximum atomic E-state index is 9.00. The van der Waals surface area contributed by atoms with Gasteiger partial charge in [0.15, 0.2) is 11.5 Å². The van der Waals surface area contributed by atoms with E-state index in [0.29, 0.717) is 6.54 Å². The van der Waals surface area contributed by atoms with Gasteiger partial charge >= 0.3 is 0 Å². The van der Waals surface area contributed by atoms with Crippen LogP contribution in [0.4, 0.5) is 0 Å². The van der Waals surface area contributed by atoms with Gasteiger partial charge in [-0.25, -0.2) is 0 Å². The Morgan fingerprint density at radius 3 is 3.00 bits per heavy atom. The lowest BCUT2D eigenvalue weighted by Gasteiger charge is -2.08. The predicted molar refractivity (Wildman–Crippen MR) is 54.8 cm³/mol. The molecule has 4 heteroatoms. The highest BCUT2D eigenvalue weighted by Gasteiger charge is 2.17. The molecule has 0 amide bonds. The van der Waals surface area contributed by atoms with Crippen molar-refractivity contribution in [3.05, 3.63) is 23.8 Å². The molecule has 1 aromatic carbocycles. The first-order valence-corrected chi connectivity index (χ1v) is 4.79. The number of nitrogens with zero attached hydrogens (tertiary/aromatic N) is 1. The molecule has 1 unspecified atom stereocenters. The van der Waals surface area contributed by atoms with Gasteiger partial charge in [0.25, 0.3) is 0 Å². The maximum Gasteiger partial charge on any atom is 0.231 e. The standard InChI is InChI=1S/C11H12N2O2/c1-13-6-9(5-12)8-2-3-10-11(4-8)15-7-14-10/h2-4,9,13H,6-7H2,1H3. The van der Waals surface area contributed by atoms with Crippen molar-refractivity contribution in [1.29, 1.82) is 5.26 Å². The Morgan fingerprint density at radius 1 is 1.47 bits per heavy atom. The van der Waals surface area contributed by atoms with Gasteiger partial charge in [-0.1, -0.05) is 6.07 Å². The molecule has 0 saturated carbocycles. The van der Waals surface area contributed by atoms with Crippen molar-refractivity contribution in [3.63, 3.8) is 0 Å². The lowest BCUT2D eigenvalue weighted by atomic mass is 10.0. The first-order chi connectivity index (χ1) is 7.35. The zero-order valence-electron chi connectivity index (χ0n) is 8.49. The number of rotatable bonds is 3. The number of ether oxygens (including phenoxy) is 2. The highest BCUT2D eigenvalue weighted by atomic mass is 16.7. The molecule has 2 rings (SSSR count). The van der Waals surface area contributed by atoms with Crippen LogP contribution in [-0.4, -0.2) is 20.4 Å². The summed E-state index contributed by atoms with van der Waals surface area (Å²) in [6.07, 6.45) is 0. The van der Waals surface area contributed by atoms with E-state index < -0.39 is 0 Å². The molecule has 1 aromatic rings. The van der Waals surface area contributed by atoms with Crippen LogP contribution in [0.15, 0.2) is 18.2 Å². The average molecular weight is 204 g/mol. The van der Waals surface area contributed by atoms with E-state index in [0.717, 1.165) is 17.1 Å². The smallest absolute Gasteiger partial charge is 0.231 e. The molecule has 0 aliphatic carbocycles. The van der Waals surface area contributed by atoms with Gasteiger partial charge in [0.1, 0.15) is 0 Å². The van der Waals surface area contributed by atoms with E-state index in [1.165, 1.54) is 0 Å². The molecule has 0 fully saturated rings. The average Bonchev–Trinajstić information content (AvgIpc) is 2.72. The van der Waals surface area contributed by atoms with E-state index in [1.54, 1.807) is 0 Å². The summed E-state index contributed by atoms with van der Waals surface area (Å²) in [5.41, 5.74) is 0.955. The van der Waals surface area contributed by atoms with Crippen molar-refractivity contribution >= 4 is 0 Å². The molecule has 1 heterocycles. The van der Waals surface area contributed by atoms with Gasteiger partial charge in [-0.05, 0) is 24.7 Å². The van der Waals surface area contributed by atoms with Gasteiger partial charge in [0, 0.05) is 6.54 Å². The fraction of sp³-hybridized carbons (Fsp3) is 0.364. The van der Waals surface area contributed by atoms with E-state index in [2.05, 4.69) is 11.4 Å². The van der Waals surface area contributed by atoms with Crippen LogP contribution >= 0.6 is 0 Å².